The molecule has 2 aliphatic heterocycles. The standard InChI is InChI=1S/C20H24N4O2S/c1-20(11-17(25)23(2)19(21)22-20)14-7-5-9-24(12-14)18(26)16-10-13-6-3-4-8-15(13)27-16/h3-4,6,8,10,14H,5,7,9,11-12H2,1-2H3,(H2,21,22)/t14?,20-/m0/s1. The van der Waals surface area contributed by atoms with Gasteiger partial charge in [0.15, 0.2) is 5.96 Å². The minimum absolute atomic E-state index is 0.0158. The number of nitrogens with two attached hydrogens (primary N) is 1. The number of guanidine groups is 1. The molecule has 6 nitrogen and oxygen atoms in total. The minimum Gasteiger partial charge on any atom is -0.369 e. The highest BCUT2D eigenvalue weighted by atomic mass is 32.1. The molecule has 2 aromatic rings. The Morgan fingerprint density at radius 1 is 1.37 bits per heavy atom. The summed E-state index contributed by atoms with van der Waals surface area (Å²) >= 11 is 1.54. The zero-order chi connectivity index (χ0) is 19.2. The number of rotatable bonds is 2. The molecule has 0 bridgehead atoms. The average molecular weight is 385 g/mol. The van der Waals surface area contributed by atoms with Crippen molar-refractivity contribution in [1.29, 1.82) is 0 Å². The van der Waals surface area contributed by atoms with Crippen LogP contribution in [0.15, 0.2) is 35.3 Å². The minimum atomic E-state index is -0.549. The molecule has 0 saturated carbocycles. The third-order valence-electron chi connectivity index (χ3n) is 5.82. The molecule has 0 spiro atoms. The van der Waals surface area contributed by atoms with Crippen molar-refractivity contribution in [3.05, 3.63) is 35.2 Å². The van der Waals surface area contributed by atoms with Crippen molar-refractivity contribution in [1.82, 2.24) is 9.80 Å². The summed E-state index contributed by atoms with van der Waals surface area (Å²) in [6.07, 6.45) is 2.19. The highest BCUT2D eigenvalue weighted by molar-refractivity contribution is 7.20. The van der Waals surface area contributed by atoms with Gasteiger partial charge in [-0.25, -0.2) is 4.99 Å². The first-order chi connectivity index (χ1) is 12.9. The summed E-state index contributed by atoms with van der Waals surface area (Å²) in [6, 6.07) is 10.0. The number of amides is 2. The summed E-state index contributed by atoms with van der Waals surface area (Å²) in [4.78, 5) is 34.1. The fourth-order valence-electron chi connectivity index (χ4n) is 4.08. The summed E-state index contributed by atoms with van der Waals surface area (Å²) < 4.78 is 1.12. The SMILES string of the molecule is CN1C(=O)C[C@@](C)(C2CCCN(C(=O)c3cc4ccccc4s3)C2)N=C1N. The molecule has 142 valence electrons. The van der Waals surface area contributed by atoms with Crippen molar-refractivity contribution in [2.75, 3.05) is 20.1 Å². The van der Waals surface area contributed by atoms with E-state index in [0.717, 1.165) is 34.3 Å². The number of piperidine rings is 1. The van der Waals surface area contributed by atoms with E-state index in [1.165, 1.54) is 16.2 Å². The van der Waals surface area contributed by atoms with Crippen LogP contribution >= 0.6 is 11.3 Å². The third kappa shape index (κ3) is 3.20. The smallest absolute Gasteiger partial charge is 0.263 e. The van der Waals surface area contributed by atoms with E-state index in [9.17, 15) is 9.59 Å². The van der Waals surface area contributed by atoms with Crippen LogP contribution in [0.1, 0.15) is 35.9 Å². The summed E-state index contributed by atoms with van der Waals surface area (Å²) in [7, 11) is 1.65. The Morgan fingerprint density at radius 3 is 2.89 bits per heavy atom. The van der Waals surface area contributed by atoms with Crippen LogP contribution in [-0.4, -0.2) is 53.2 Å². The molecule has 2 atom stereocenters. The molecule has 7 heteroatoms. The molecule has 2 amide bonds. The highest BCUT2D eigenvalue weighted by Gasteiger charge is 2.43. The predicted octanol–water partition coefficient (Wildman–Crippen LogP) is 2.69. The molecule has 0 radical (unpaired) electrons. The zero-order valence-corrected chi connectivity index (χ0v) is 16.5. The topological polar surface area (TPSA) is 79.0 Å². The number of likely N-dealkylation sites (tertiary alicyclic amines) is 1. The lowest BCUT2D eigenvalue weighted by Crippen LogP contribution is -2.54. The Hall–Kier alpha value is -2.41. The maximum Gasteiger partial charge on any atom is 0.263 e. The maximum absolute atomic E-state index is 13.1. The van der Waals surface area contributed by atoms with Gasteiger partial charge in [-0.15, -0.1) is 11.3 Å². The van der Waals surface area contributed by atoms with E-state index in [1.807, 2.05) is 42.2 Å². The molecule has 4 rings (SSSR count). The Bertz CT molecular complexity index is 904. The molecule has 0 aliphatic carbocycles. The first-order valence-corrected chi connectivity index (χ1v) is 10.1. The molecular weight excluding hydrogens is 360 g/mol. The fourth-order valence-corrected chi connectivity index (χ4v) is 5.11. The molecular formula is C20H24N4O2S. The fraction of sp³-hybridized carbons (Fsp3) is 0.450. The van der Waals surface area contributed by atoms with Crippen LogP contribution in [0.2, 0.25) is 0 Å². The average Bonchev–Trinajstić information content (AvgIpc) is 3.10. The molecule has 1 saturated heterocycles. The second kappa shape index (κ2) is 6.64. The predicted molar refractivity (Wildman–Crippen MR) is 108 cm³/mol. The summed E-state index contributed by atoms with van der Waals surface area (Å²) in [6.45, 7) is 3.34. The highest BCUT2D eigenvalue weighted by Crippen LogP contribution is 2.36. The van der Waals surface area contributed by atoms with Gasteiger partial charge >= 0.3 is 0 Å². The molecule has 1 aromatic heterocycles. The van der Waals surface area contributed by atoms with Crippen molar-refractivity contribution in [2.45, 2.75) is 31.7 Å². The van der Waals surface area contributed by atoms with Crippen molar-refractivity contribution < 1.29 is 9.59 Å². The largest absolute Gasteiger partial charge is 0.369 e. The van der Waals surface area contributed by atoms with Gasteiger partial charge in [0.25, 0.3) is 5.91 Å². The van der Waals surface area contributed by atoms with E-state index in [4.69, 9.17) is 5.73 Å². The maximum atomic E-state index is 13.1. The molecule has 1 aromatic carbocycles. The molecule has 3 heterocycles. The van der Waals surface area contributed by atoms with Gasteiger partial charge < -0.3 is 10.6 Å². The van der Waals surface area contributed by atoms with E-state index in [0.29, 0.717) is 13.0 Å². The number of benzene rings is 1. The quantitative estimate of drug-likeness (QED) is 0.865. The second-order valence-corrected chi connectivity index (χ2v) is 8.78. The Balaban J connectivity index is 1.56. The van der Waals surface area contributed by atoms with Crippen LogP contribution in [0.4, 0.5) is 0 Å². The number of carbonyl (C=O) groups is 2. The van der Waals surface area contributed by atoms with Gasteiger partial charge in [0, 0.05) is 30.8 Å². The Morgan fingerprint density at radius 2 is 2.15 bits per heavy atom. The number of fused-ring (bicyclic) bond motifs is 1. The number of thiophene rings is 1. The molecule has 2 N–H and O–H groups in total. The van der Waals surface area contributed by atoms with Crippen molar-refractivity contribution >= 4 is 39.2 Å². The molecule has 1 fully saturated rings. The van der Waals surface area contributed by atoms with Crippen LogP contribution in [0, 0.1) is 5.92 Å². The van der Waals surface area contributed by atoms with Gasteiger partial charge in [0.2, 0.25) is 5.91 Å². The second-order valence-electron chi connectivity index (χ2n) is 7.70. The van der Waals surface area contributed by atoms with Gasteiger partial charge in [-0.05, 0) is 37.3 Å². The lowest BCUT2D eigenvalue weighted by atomic mass is 9.77. The normalized spacial score (nSPS) is 26.4. The first kappa shape index (κ1) is 18.0. The lowest BCUT2D eigenvalue weighted by Gasteiger charge is -2.43. The summed E-state index contributed by atoms with van der Waals surface area (Å²) in [5.74, 6) is 0.446. The molecule has 27 heavy (non-hydrogen) atoms. The van der Waals surface area contributed by atoms with Crippen LogP contribution in [0.25, 0.3) is 10.1 Å². The van der Waals surface area contributed by atoms with E-state index < -0.39 is 5.54 Å². The van der Waals surface area contributed by atoms with Crippen molar-refractivity contribution in [2.24, 2.45) is 16.6 Å². The lowest BCUT2D eigenvalue weighted by molar-refractivity contribution is -0.129. The number of carbonyl (C=O) groups excluding carboxylic acids is 2. The van der Waals surface area contributed by atoms with E-state index in [-0.39, 0.29) is 23.7 Å². The third-order valence-corrected chi connectivity index (χ3v) is 6.93. The summed E-state index contributed by atoms with van der Waals surface area (Å²) in [5, 5.41) is 1.10. The molecule has 1 unspecified atom stereocenters. The number of nitrogens with zero attached hydrogens (tertiary/aromatic N) is 3. The number of hydrogen-bond acceptors (Lipinski definition) is 5. The van der Waals surface area contributed by atoms with Crippen LogP contribution in [0.5, 0.6) is 0 Å². The van der Waals surface area contributed by atoms with Crippen molar-refractivity contribution in [3.63, 3.8) is 0 Å². The van der Waals surface area contributed by atoms with Crippen LogP contribution < -0.4 is 5.73 Å². The van der Waals surface area contributed by atoms with Crippen molar-refractivity contribution in [3.8, 4) is 0 Å². The van der Waals surface area contributed by atoms with Gasteiger partial charge in [-0.3, -0.25) is 14.5 Å². The Labute approximate surface area is 162 Å². The van der Waals surface area contributed by atoms with E-state index in [2.05, 4.69) is 4.99 Å². The van der Waals surface area contributed by atoms with Gasteiger partial charge in [0.1, 0.15) is 0 Å². The van der Waals surface area contributed by atoms with Crippen LogP contribution in [-0.2, 0) is 4.79 Å². The summed E-state index contributed by atoms with van der Waals surface area (Å²) in [5.41, 5.74) is 5.41. The monoisotopic (exact) mass is 384 g/mol. The molecule has 2 aliphatic rings. The number of aliphatic imine (C=N–C) groups is 1. The van der Waals surface area contributed by atoms with Crippen LogP contribution in [0.3, 0.4) is 0 Å². The van der Waals surface area contributed by atoms with E-state index in [1.54, 1.807) is 7.05 Å². The van der Waals surface area contributed by atoms with Gasteiger partial charge in [-0.2, -0.15) is 0 Å². The first-order valence-electron chi connectivity index (χ1n) is 9.27. The number of hydrogen-bond donors (Lipinski definition) is 1. The van der Waals surface area contributed by atoms with E-state index >= 15 is 0 Å². The zero-order valence-electron chi connectivity index (χ0n) is 15.6. The van der Waals surface area contributed by atoms with Gasteiger partial charge in [-0.1, -0.05) is 18.2 Å². The van der Waals surface area contributed by atoms with Gasteiger partial charge in [0.05, 0.1) is 16.8 Å². The Kier molecular flexibility index (Phi) is 4.42.